The summed E-state index contributed by atoms with van der Waals surface area (Å²) in [6.07, 6.45) is 0. The third-order valence-corrected chi connectivity index (χ3v) is 6.10. The number of carbonyl (C=O) groups is 2. The molecule has 186 valence electrons. The van der Waals surface area contributed by atoms with Crippen LogP contribution in [0.4, 0.5) is 0 Å². The van der Waals surface area contributed by atoms with E-state index in [9.17, 15) is 14.7 Å². The van der Waals surface area contributed by atoms with E-state index in [-0.39, 0.29) is 24.5 Å². The van der Waals surface area contributed by atoms with Gasteiger partial charge in [-0.05, 0) is 54.4 Å². The summed E-state index contributed by atoms with van der Waals surface area (Å²) in [5, 5.41) is 11.2. The van der Waals surface area contributed by atoms with Crippen molar-refractivity contribution in [3.05, 3.63) is 101 Å². The first-order chi connectivity index (χ1) is 17.4. The minimum absolute atomic E-state index is 0.0257. The van der Waals surface area contributed by atoms with Gasteiger partial charge in [0, 0.05) is 19.2 Å². The second kappa shape index (κ2) is 11.1. The van der Waals surface area contributed by atoms with E-state index in [0.717, 1.165) is 11.1 Å². The van der Waals surface area contributed by atoms with Crippen LogP contribution in [0.15, 0.2) is 78.4 Å². The number of aliphatic hydroxyl groups is 1. The molecule has 3 aromatic carbocycles. The molecule has 0 radical (unpaired) electrons. The van der Waals surface area contributed by atoms with Crippen molar-refractivity contribution in [2.75, 3.05) is 27.4 Å². The highest BCUT2D eigenvalue weighted by Gasteiger charge is 2.46. The predicted molar refractivity (Wildman–Crippen MR) is 136 cm³/mol. The number of ether oxygens (including phenoxy) is 3. The van der Waals surface area contributed by atoms with Crippen LogP contribution < -0.4 is 9.47 Å². The second-order valence-corrected chi connectivity index (χ2v) is 8.56. The van der Waals surface area contributed by atoms with Gasteiger partial charge in [-0.25, -0.2) is 0 Å². The minimum Gasteiger partial charge on any atom is -0.507 e. The number of hydrogen-bond donors (Lipinski definition) is 1. The average molecular weight is 488 g/mol. The van der Waals surface area contributed by atoms with Gasteiger partial charge in [0.25, 0.3) is 11.7 Å². The Morgan fingerprint density at radius 1 is 0.944 bits per heavy atom. The average Bonchev–Trinajstić information content (AvgIpc) is 3.15. The summed E-state index contributed by atoms with van der Waals surface area (Å²) < 4.78 is 16.4. The van der Waals surface area contributed by atoms with Crippen molar-refractivity contribution in [2.24, 2.45) is 0 Å². The Labute approximate surface area is 210 Å². The molecule has 0 unspecified atom stereocenters. The van der Waals surface area contributed by atoms with Crippen molar-refractivity contribution in [3.8, 4) is 11.5 Å². The number of methoxy groups -OCH3 is 2. The molecule has 1 aliphatic heterocycles. The first kappa shape index (κ1) is 25.0. The van der Waals surface area contributed by atoms with E-state index < -0.39 is 17.7 Å². The molecule has 1 fully saturated rings. The number of nitrogens with zero attached hydrogens (tertiary/aromatic N) is 1. The molecule has 1 heterocycles. The van der Waals surface area contributed by atoms with E-state index in [1.807, 2.05) is 25.1 Å². The van der Waals surface area contributed by atoms with Crippen molar-refractivity contribution < 1.29 is 28.9 Å². The summed E-state index contributed by atoms with van der Waals surface area (Å²) in [7, 11) is 3.07. The third-order valence-electron chi connectivity index (χ3n) is 6.10. The summed E-state index contributed by atoms with van der Waals surface area (Å²) in [6, 6.07) is 21.2. The Morgan fingerprint density at radius 3 is 2.39 bits per heavy atom. The lowest BCUT2D eigenvalue weighted by Crippen LogP contribution is -2.32. The molecule has 1 N–H and O–H groups in total. The van der Waals surface area contributed by atoms with Crippen LogP contribution in [0.5, 0.6) is 11.5 Å². The summed E-state index contributed by atoms with van der Waals surface area (Å²) in [5.74, 6) is -0.458. The molecule has 0 aromatic heterocycles. The second-order valence-electron chi connectivity index (χ2n) is 8.56. The smallest absolute Gasteiger partial charge is 0.295 e. The Morgan fingerprint density at radius 2 is 1.69 bits per heavy atom. The van der Waals surface area contributed by atoms with Gasteiger partial charge in [0.2, 0.25) is 0 Å². The molecule has 0 bridgehead atoms. The van der Waals surface area contributed by atoms with Crippen LogP contribution in [0.2, 0.25) is 0 Å². The van der Waals surface area contributed by atoms with Gasteiger partial charge < -0.3 is 24.2 Å². The molecule has 1 saturated heterocycles. The van der Waals surface area contributed by atoms with Crippen molar-refractivity contribution in [1.29, 1.82) is 0 Å². The minimum atomic E-state index is -0.771. The summed E-state index contributed by atoms with van der Waals surface area (Å²) >= 11 is 0. The zero-order chi connectivity index (χ0) is 25.7. The van der Waals surface area contributed by atoms with E-state index in [4.69, 9.17) is 14.2 Å². The van der Waals surface area contributed by atoms with Gasteiger partial charge in [-0.2, -0.15) is 0 Å². The fraction of sp³-hybridized carbons (Fsp3) is 0.241. The molecule has 1 aliphatic rings. The van der Waals surface area contributed by atoms with E-state index in [2.05, 4.69) is 6.07 Å². The number of hydrogen-bond acceptors (Lipinski definition) is 6. The largest absolute Gasteiger partial charge is 0.507 e. The van der Waals surface area contributed by atoms with Crippen LogP contribution in [0.25, 0.3) is 5.76 Å². The summed E-state index contributed by atoms with van der Waals surface area (Å²) in [4.78, 5) is 27.4. The topological polar surface area (TPSA) is 85.3 Å². The summed E-state index contributed by atoms with van der Waals surface area (Å²) in [6.45, 7) is 2.89. The Hall–Kier alpha value is -4.10. The maximum Gasteiger partial charge on any atom is 0.295 e. The third kappa shape index (κ3) is 5.26. The number of benzene rings is 3. The number of likely N-dealkylation sites (tertiary alicyclic amines) is 1. The molecule has 7 nitrogen and oxygen atoms in total. The first-order valence-electron chi connectivity index (χ1n) is 11.6. The van der Waals surface area contributed by atoms with Crippen LogP contribution in [-0.4, -0.2) is 49.1 Å². The van der Waals surface area contributed by atoms with Crippen molar-refractivity contribution in [2.45, 2.75) is 19.6 Å². The Kier molecular flexibility index (Phi) is 7.71. The number of aryl methyl sites for hydroxylation is 1. The van der Waals surface area contributed by atoms with Gasteiger partial charge in [-0.3, -0.25) is 9.59 Å². The number of amides is 1. The van der Waals surface area contributed by atoms with Crippen molar-refractivity contribution in [1.82, 2.24) is 4.90 Å². The molecule has 1 atom stereocenters. The SMILES string of the molecule is COCCN1C(=O)C(=O)/C(=C(/O)c2ccc(OCc3cccc(C)c3)cc2)[C@H]1c1cccc(OC)c1. The standard InChI is InChI=1S/C29H29NO6/c1-19-6-4-7-20(16-19)18-36-23-12-10-21(11-13-23)27(31)25-26(22-8-5-9-24(17-22)35-3)30(14-15-34-2)29(33)28(25)32/h4-13,16-17,26,31H,14-15,18H2,1-3H3/b27-25+/t26-/m1/s1. The molecule has 7 heteroatoms. The first-order valence-corrected chi connectivity index (χ1v) is 11.6. The van der Waals surface area contributed by atoms with E-state index in [1.165, 1.54) is 12.0 Å². The lowest BCUT2D eigenvalue weighted by molar-refractivity contribution is -0.140. The number of aliphatic hydroxyl groups excluding tert-OH is 1. The molecule has 36 heavy (non-hydrogen) atoms. The predicted octanol–water partition coefficient (Wildman–Crippen LogP) is 4.65. The van der Waals surface area contributed by atoms with Crippen LogP contribution in [0, 0.1) is 6.92 Å². The van der Waals surface area contributed by atoms with Gasteiger partial charge >= 0.3 is 0 Å². The summed E-state index contributed by atoms with van der Waals surface area (Å²) in [5.41, 5.74) is 3.30. The van der Waals surface area contributed by atoms with E-state index in [0.29, 0.717) is 29.2 Å². The molecular formula is C29H29NO6. The maximum absolute atomic E-state index is 13.1. The Balaban J connectivity index is 1.65. The Bertz CT molecular complexity index is 1280. The van der Waals surface area contributed by atoms with Crippen LogP contribution in [-0.2, 0) is 20.9 Å². The molecule has 0 spiro atoms. The molecular weight excluding hydrogens is 458 g/mol. The normalized spacial score (nSPS) is 16.9. The maximum atomic E-state index is 13.1. The molecule has 4 rings (SSSR count). The highest BCUT2D eigenvalue weighted by molar-refractivity contribution is 6.46. The number of rotatable bonds is 9. The van der Waals surface area contributed by atoms with Crippen LogP contribution in [0.3, 0.4) is 0 Å². The van der Waals surface area contributed by atoms with Crippen LogP contribution >= 0.6 is 0 Å². The van der Waals surface area contributed by atoms with Crippen molar-refractivity contribution in [3.63, 3.8) is 0 Å². The van der Waals surface area contributed by atoms with Gasteiger partial charge in [0.1, 0.15) is 23.9 Å². The lowest BCUT2D eigenvalue weighted by Gasteiger charge is -2.25. The molecule has 3 aromatic rings. The monoisotopic (exact) mass is 487 g/mol. The van der Waals surface area contributed by atoms with E-state index >= 15 is 0 Å². The molecule has 0 aliphatic carbocycles. The highest BCUT2D eigenvalue weighted by atomic mass is 16.5. The zero-order valence-corrected chi connectivity index (χ0v) is 20.6. The van der Waals surface area contributed by atoms with Gasteiger partial charge in [0.05, 0.1) is 25.3 Å². The van der Waals surface area contributed by atoms with Gasteiger partial charge in [-0.1, -0.05) is 42.0 Å². The molecule has 1 amide bonds. The van der Waals surface area contributed by atoms with Gasteiger partial charge in [0.15, 0.2) is 0 Å². The van der Waals surface area contributed by atoms with Gasteiger partial charge in [-0.15, -0.1) is 0 Å². The highest BCUT2D eigenvalue weighted by Crippen LogP contribution is 2.40. The lowest BCUT2D eigenvalue weighted by atomic mass is 9.95. The van der Waals surface area contributed by atoms with Crippen LogP contribution in [0.1, 0.15) is 28.3 Å². The number of ketones is 1. The number of carbonyl (C=O) groups excluding carboxylic acids is 2. The quantitative estimate of drug-likeness (QED) is 0.269. The zero-order valence-electron chi connectivity index (χ0n) is 20.6. The van der Waals surface area contributed by atoms with Crippen molar-refractivity contribution >= 4 is 17.4 Å². The fourth-order valence-electron chi connectivity index (χ4n) is 4.29. The molecule has 0 saturated carbocycles. The fourth-order valence-corrected chi connectivity index (χ4v) is 4.29. The van der Waals surface area contributed by atoms with E-state index in [1.54, 1.807) is 55.6 Å². The number of Topliss-reactive ketones (excluding diaryl/α,β-unsaturated/α-hetero) is 1.